The molecule has 1 aromatic rings. The van der Waals surface area contributed by atoms with Gasteiger partial charge in [0.2, 0.25) is 5.91 Å². The zero-order valence-electron chi connectivity index (χ0n) is 13.2. The van der Waals surface area contributed by atoms with Crippen LogP contribution >= 0.6 is 0 Å². The summed E-state index contributed by atoms with van der Waals surface area (Å²) in [6.45, 7) is 9.64. The average molecular weight is 273 g/mol. The number of carbonyl (C=O) groups excluding carboxylic acids is 1. The van der Waals surface area contributed by atoms with Gasteiger partial charge in [0.25, 0.3) is 0 Å². The number of nitrogens with zero attached hydrogens (tertiary/aromatic N) is 1. The van der Waals surface area contributed by atoms with Crippen LogP contribution in [0.2, 0.25) is 0 Å². The van der Waals surface area contributed by atoms with Gasteiger partial charge < -0.3 is 4.90 Å². The van der Waals surface area contributed by atoms with Crippen LogP contribution in [0.25, 0.3) is 0 Å². The fraction of sp³-hybridized carbons (Fsp3) is 0.611. The standard InChI is InChI=1S/C18H27NO/c1-13(2)19(18(20)17-10-11-17)12-14(3)15(4)16-8-6-5-7-9-16/h5-9,13-15,17H,10-12H2,1-4H3. The Kier molecular flexibility index (Phi) is 4.85. The van der Waals surface area contributed by atoms with Gasteiger partial charge in [-0.1, -0.05) is 44.2 Å². The molecule has 2 nitrogen and oxygen atoms in total. The first kappa shape index (κ1) is 15.1. The number of carbonyl (C=O) groups is 1. The Morgan fingerprint density at radius 3 is 2.25 bits per heavy atom. The van der Waals surface area contributed by atoms with E-state index in [-0.39, 0.29) is 0 Å². The molecule has 0 radical (unpaired) electrons. The SMILES string of the molecule is CC(CN(C(=O)C1CC1)C(C)C)C(C)c1ccccc1. The molecular weight excluding hydrogens is 246 g/mol. The third kappa shape index (κ3) is 3.62. The number of hydrogen-bond acceptors (Lipinski definition) is 1. The molecule has 0 aromatic heterocycles. The van der Waals surface area contributed by atoms with Crippen LogP contribution in [-0.2, 0) is 4.79 Å². The van der Waals surface area contributed by atoms with Crippen molar-refractivity contribution in [1.82, 2.24) is 4.90 Å². The average Bonchev–Trinajstić information content (AvgIpc) is 3.28. The second-order valence-electron chi connectivity index (χ2n) is 6.54. The molecule has 0 saturated heterocycles. The van der Waals surface area contributed by atoms with Gasteiger partial charge in [0, 0.05) is 18.5 Å². The van der Waals surface area contributed by atoms with Crippen molar-refractivity contribution in [3.05, 3.63) is 35.9 Å². The van der Waals surface area contributed by atoms with Crippen LogP contribution in [0.1, 0.15) is 52.0 Å². The third-order valence-electron chi connectivity index (χ3n) is 4.50. The first-order chi connectivity index (χ1) is 9.50. The van der Waals surface area contributed by atoms with Crippen molar-refractivity contribution in [3.63, 3.8) is 0 Å². The second kappa shape index (κ2) is 6.43. The number of rotatable bonds is 6. The van der Waals surface area contributed by atoms with Crippen LogP contribution in [0.4, 0.5) is 0 Å². The predicted octanol–water partition coefficient (Wildman–Crippen LogP) is 4.07. The number of hydrogen-bond donors (Lipinski definition) is 0. The fourth-order valence-corrected chi connectivity index (χ4v) is 2.67. The zero-order valence-corrected chi connectivity index (χ0v) is 13.2. The Morgan fingerprint density at radius 2 is 1.75 bits per heavy atom. The maximum atomic E-state index is 12.4. The second-order valence-corrected chi connectivity index (χ2v) is 6.54. The molecule has 2 heteroatoms. The van der Waals surface area contributed by atoms with Crippen molar-refractivity contribution in [3.8, 4) is 0 Å². The number of benzene rings is 1. The molecule has 2 atom stereocenters. The van der Waals surface area contributed by atoms with E-state index in [1.54, 1.807) is 0 Å². The lowest BCUT2D eigenvalue weighted by Gasteiger charge is -2.32. The van der Waals surface area contributed by atoms with Crippen molar-refractivity contribution in [1.29, 1.82) is 0 Å². The summed E-state index contributed by atoms with van der Waals surface area (Å²) in [6, 6.07) is 10.9. The van der Waals surface area contributed by atoms with Crippen molar-refractivity contribution in [2.75, 3.05) is 6.54 Å². The molecule has 1 amide bonds. The lowest BCUT2D eigenvalue weighted by atomic mass is 9.88. The minimum Gasteiger partial charge on any atom is -0.340 e. The lowest BCUT2D eigenvalue weighted by molar-refractivity contribution is -0.135. The largest absolute Gasteiger partial charge is 0.340 e. The van der Waals surface area contributed by atoms with E-state index < -0.39 is 0 Å². The van der Waals surface area contributed by atoms with Gasteiger partial charge >= 0.3 is 0 Å². The Hall–Kier alpha value is -1.31. The summed E-state index contributed by atoms with van der Waals surface area (Å²) in [5.41, 5.74) is 1.36. The quantitative estimate of drug-likeness (QED) is 0.765. The highest BCUT2D eigenvalue weighted by Gasteiger charge is 2.35. The summed E-state index contributed by atoms with van der Waals surface area (Å²) in [5.74, 6) is 1.63. The Bertz CT molecular complexity index is 436. The fourth-order valence-electron chi connectivity index (χ4n) is 2.67. The molecule has 2 rings (SSSR count). The van der Waals surface area contributed by atoms with E-state index in [1.807, 2.05) is 0 Å². The summed E-state index contributed by atoms with van der Waals surface area (Å²) in [6.07, 6.45) is 2.18. The van der Waals surface area contributed by atoms with E-state index in [0.717, 1.165) is 19.4 Å². The minimum atomic E-state index is 0.300. The normalized spacial score (nSPS) is 17.9. The van der Waals surface area contributed by atoms with Crippen LogP contribution in [-0.4, -0.2) is 23.4 Å². The molecule has 20 heavy (non-hydrogen) atoms. The van der Waals surface area contributed by atoms with Gasteiger partial charge in [-0.15, -0.1) is 0 Å². The molecule has 110 valence electrons. The minimum absolute atomic E-state index is 0.300. The summed E-state index contributed by atoms with van der Waals surface area (Å²) < 4.78 is 0. The summed E-state index contributed by atoms with van der Waals surface area (Å²) in [4.78, 5) is 14.5. The molecule has 0 N–H and O–H groups in total. The summed E-state index contributed by atoms with van der Waals surface area (Å²) in [7, 11) is 0. The van der Waals surface area contributed by atoms with E-state index in [4.69, 9.17) is 0 Å². The third-order valence-corrected chi connectivity index (χ3v) is 4.50. The topological polar surface area (TPSA) is 20.3 Å². The van der Waals surface area contributed by atoms with E-state index in [9.17, 15) is 4.79 Å². The van der Waals surface area contributed by atoms with Crippen molar-refractivity contribution in [2.45, 2.75) is 52.5 Å². The molecule has 0 spiro atoms. The lowest BCUT2D eigenvalue weighted by Crippen LogP contribution is -2.41. The summed E-state index contributed by atoms with van der Waals surface area (Å²) in [5, 5.41) is 0. The van der Waals surface area contributed by atoms with E-state index >= 15 is 0 Å². The highest BCUT2D eigenvalue weighted by Crippen LogP contribution is 2.33. The van der Waals surface area contributed by atoms with E-state index in [0.29, 0.717) is 29.7 Å². The zero-order chi connectivity index (χ0) is 14.7. The van der Waals surface area contributed by atoms with Gasteiger partial charge in [-0.05, 0) is 44.1 Å². The molecular formula is C18H27NO. The summed E-state index contributed by atoms with van der Waals surface area (Å²) >= 11 is 0. The number of amides is 1. The Labute approximate surface area is 123 Å². The highest BCUT2D eigenvalue weighted by molar-refractivity contribution is 5.81. The first-order valence-electron chi connectivity index (χ1n) is 7.86. The molecule has 0 heterocycles. The van der Waals surface area contributed by atoms with Gasteiger partial charge in [0.1, 0.15) is 0 Å². The van der Waals surface area contributed by atoms with Gasteiger partial charge in [-0.25, -0.2) is 0 Å². The molecule has 1 saturated carbocycles. The maximum absolute atomic E-state index is 12.4. The highest BCUT2D eigenvalue weighted by atomic mass is 16.2. The van der Waals surface area contributed by atoms with Crippen LogP contribution in [0.3, 0.4) is 0 Å². The van der Waals surface area contributed by atoms with E-state index in [2.05, 4.69) is 62.9 Å². The molecule has 2 unspecified atom stereocenters. The molecule has 1 aliphatic carbocycles. The first-order valence-corrected chi connectivity index (χ1v) is 7.86. The van der Waals surface area contributed by atoms with E-state index in [1.165, 1.54) is 5.56 Å². The van der Waals surface area contributed by atoms with Gasteiger partial charge in [0.15, 0.2) is 0 Å². The van der Waals surface area contributed by atoms with Gasteiger partial charge in [-0.3, -0.25) is 4.79 Å². The maximum Gasteiger partial charge on any atom is 0.225 e. The Balaban J connectivity index is 2.00. The van der Waals surface area contributed by atoms with Crippen LogP contribution in [0.5, 0.6) is 0 Å². The van der Waals surface area contributed by atoms with Crippen molar-refractivity contribution < 1.29 is 4.79 Å². The van der Waals surface area contributed by atoms with Crippen molar-refractivity contribution in [2.24, 2.45) is 11.8 Å². The van der Waals surface area contributed by atoms with Crippen LogP contribution in [0.15, 0.2) is 30.3 Å². The molecule has 1 aromatic carbocycles. The molecule has 0 bridgehead atoms. The van der Waals surface area contributed by atoms with Crippen LogP contribution in [0, 0.1) is 11.8 Å². The smallest absolute Gasteiger partial charge is 0.225 e. The van der Waals surface area contributed by atoms with Gasteiger partial charge in [0.05, 0.1) is 0 Å². The predicted molar refractivity (Wildman–Crippen MR) is 83.6 cm³/mol. The van der Waals surface area contributed by atoms with Gasteiger partial charge in [-0.2, -0.15) is 0 Å². The van der Waals surface area contributed by atoms with Crippen LogP contribution < -0.4 is 0 Å². The molecule has 1 fully saturated rings. The molecule has 0 aliphatic heterocycles. The molecule has 1 aliphatic rings. The Morgan fingerprint density at radius 1 is 1.15 bits per heavy atom. The van der Waals surface area contributed by atoms with Crippen molar-refractivity contribution >= 4 is 5.91 Å². The monoisotopic (exact) mass is 273 g/mol.